The fraction of sp³-hybridized carbons (Fsp3) is 0.814. The Labute approximate surface area is 329 Å². The van der Waals surface area contributed by atoms with E-state index in [1.54, 1.807) is 21.0 Å². The number of hydrogen-bond donors (Lipinski definition) is 2. The molecule has 0 aromatic carbocycles. The zero-order chi connectivity index (χ0) is 41.2. The van der Waals surface area contributed by atoms with E-state index in [4.69, 9.17) is 23.7 Å². The average molecular weight is 778 g/mol. The maximum atomic E-state index is 14.1. The number of rotatable bonds is 19. The zero-order valence-corrected chi connectivity index (χ0v) is 35.4. The van der Waals surface area contributed by atoms with Crippen molar-refractivity contribution in [3.05, 3.63) is 23.3 Å². The molecular weight excluding hydrogens is 706 g/mol. The first-order valence-corrected chi connectivity index (χ1v) is 20.6. The molecule has 3 rings (SSSR count). The van der Waals surface area contributed by atoms with E-state index in [9.17, 15) is 29.4 Å². The van der Waals surface area contributed by atoms with Crippen LogP contribution >= 0.6 is 0 Å². The van der Waals surface area contributed by atoms with Crippen LogP contribution in [0.25, 0.3) is 0 Å². The molecule has 2 aliphatic heterocycles. The van der Waals surface area contributed by atoms with E-state index in [1.807, 2.05) is 40.7 Å². The van der Waals surface area contributed by atoms with Crippen LogP contribution in [0, 0.1) is 29.6 Å². The van der Waals surface area contributed by atoms with Gasteiger partial charge in [0.15, 0.2) is 0 Å². The van der Waals surface area contributed by atoms with Crippen molar-refractivity contribution >= 4 is 23.4 Å². The minimum atomic E-state index is -2.45. The topological polar surface area (TPSA) is 158 Å². The minimum Gasteiger partial charge on any atom is -0.456 e. The number of allylic oxidation sites excluding steroid dienone is 3. The maximum Gasteiger partial charge on any atom is 0.329 e. The van der Waals surface area contributed by atoms with Crippen molar-refractivity contribution in [3.8, 4) is 0 Å². The highest BCUT2D eigenvalue weighted by atomic mass is 16.7. The third-order valence-electron chi connectivity index (χ3n) is 12.5. The number of ether oxygens (including phenoxy) is 5. The normalized spacial score (nSPS) is 32.0. The molecule has 0 aromatic heterocycles. The second-order valence-electron chi connectivity index (χ2n) is 16.6. The molecule has 314 valence electrons. The van der Waals surface area contributed by atoms with E-state index < -0.39 is 71.8 Å². The lowest BCUT2D eigenvalue weighted by molar-refractivity contribution is -0.302. The van der Waals surface area contributed by atoms with Gasteiger partial charge in [-0.15, -0.1) is 0 Å². The summed E-state index contributed by atoms with van der Waals surface area (Å²) in [6.07, 6.45) is 6.04. The molecule has 0 spiro atoms. The standard InChI is InChI=1S/C43H71NO11/c1-12-15-35(51-9)39-37(53-11)22-29(7)43(50,55-39)40(47)41(48)44-19-14-16-32(44)42(49)54-38(28(6)21-31-18-17-26(4)36(23-31)52-10)30(8)34(46)24-33(45)27(5)20-25(3)13-2/h20-21,26-27,29-32,34-39,46,50H,12-19,22-24H2,1-11H3/b25-20+,28-21+. The first kappa shape index (κ1) is 46.9. The Morgan fingerprint density at radius 1 is 0.982 bits per heavy atom. The van der Waals surface area contributed by atoms with Crippen molar-refractivity contribution < 1.29 is 53.1 Å². The van der Waals surface area contributed by atoms with Crippen molar-refractivity contribution in [2.24, 2.45) is 29.6 Å². The lowest BCUT2D eigenvalue weighted by atomic mass is 9.79. The van der Waals surface area contributed by atoms with Crippen molar-refractivity contribution in [2.45, 2.75) is 168 Å². The number of carbonyl (C=O) groups is 4. The molecule has 1 amide bonds. The first-order chi connectivity index (χ1) is 26.0. The van der Waals surface area contributed by atoms with E-state index in [0.29, 0.717) is 18.8 Å². The van der Waals surface area contributed by atoms with Gasteiger partial charge in [-0.2, -0.15) is 0 Å². The van der Waals surface area contributed by atoms with Crippen molar-refractivity contribution in [3.63, 3.8) is 0 Å². The van der Waals surface area contributed by atoms with Gasteiger partial charge in [0.05, 0.1) is 24.4 Å². The van der Waals surface area contributed by atoms with E-state index in [1.165, 1.54) is 19.1 Å². The van der Waals surface area contributed by atoms with Crippen LogP contribution in [0.3, 0.4) is 0 Å². The summed E-state index contributed by atoms with van der Waals surface area (Å²) in [5, 5.41) is 23.2. The predicted molar refractivity (Wildman–Crippen MR) is 209 cm³/mol. The summed E-state index contributed by atoms with van der Waals surface area (Å²) in [5.41, 5.74) is 1.83. The van der Waals surface area contributed by atoms with Crippen molar-refractivity contribution in [1.29, 1.82) is 0 Å². The number of esters is 1. The van der Waals surface area contributed by atoms with Gasteiger partial charge in [0.1, 0.15) is 24.0 Å². The highest BCUT2D eigenvalue weighted by molar-refractivity contribution is 6.39. The summed E-state index contributed by atoms with van der Waals surface area (Å²) in [7, 11) is 4.78. The Balaban J connectivity index is 1.88. The first-order valence-electron chi connectivity index (χ1n) is 20.6. The number of aliphatic hydroxyl groups excluding tert-OH is 1. The molecule has 3 aliphatic rings. The average Bonchev–Trinajstić information content (AvgIpc) is 3.66. The summed E-state index contributed by atoms with van der Waals surface area (Å²) >= 11 is 0. The molecule has 2 N–H and O–H groups in total. The van der Waals surface area contributed by atoms with Gasteiger partial charge in [-0.05, 0) is 82.6 Å². The molecule has 55 heavy (non-hydrogen) atoms. The largest absolute Gasteiger partial charge is 0.456 e. The van der Waals surface area contributed by atoms with E-state index in [-0.39, 0.29) is 49.5 Å². The molecule has 0 radical (unpaired) electrons. The lowest BCUT2D eigenvalue weighted by Crippen LogP contribution is -2.63. The summed E-state index contributed by atoms with van der Waals surface area (Å²) < 4.78 is 29.4. The molecule has 12 nitrogen and oxygen atoms in total. The Morgan fingerprint density at radius 2 is 1.65 bits per heavy atom. The smallest absolute Gasteiger partial charge is 0.329 e. The maximum absolute atomic E-state index is 14.1. The monoisotopic (exact) mass is 778 g/mol. The van der Waals surface area contributed by atoms with E-state index in [0.717, 1.165) is 43.3 Å². The highest BCUT2D eigenvalue weighted by Gasteiger charge is 2.56. The van der Waals surface area contributed by atoms with Crippen LogP contribution in [0.15, 0.2) is 23.3 Å². The van der Waals surface area contributed by atoms with Gasteiger partial charge in [-0.25, -0.2) is 4.79 Å². The van der Waals surface area contributed by atoms with E-state index >= 15 is 0 Å². The molecule has 1 saturated carbocycles. The molecule has 13 unspecified atom stereocenters. The Morgan fingerprint density at radius 3 is 2.25 bits per heavy atom. The van der Waals surface area contributed by atoms with E-state index in [2.05, 4.69) is 13.0 Å². The number of ketones is 2. The SMILES string of the molecule is CCCC(OC)C1OC(O)(C(=O)C(=O)N2CCCC2C(=O)OC(/C(C)=C/C2CCC(C)C(OC)C2)C(C)C(O)CC(=O)C(C)/C=C(\C)CC)C(C)CC1OC. The summed E-state index contributed by atoms with van der Waals surface area (Å²) in [6, 6.07) is -1.09. The number of amides is 1. The molecule has 12 heteroatoms. The van der Waals surface area contributed by atoms with Gasteiger partial charge in [-0.3, -0.25) is 14.4 Å². The molecule has 2 saturated heterocycles. The summed E-state index contributed by atoms with van der Waals surface area (Å²) in [6.45, 7) is 15.3. The fourth-order valence-corrected chi connectivity index (χ4v) is 8.60. The number of methoxy groups -OCH3 is 3. The molecule has 3 fully saturated rings. The molecule has 0 aromatic rings. The van der Waals surface area contributed by atoms with Gasteiger partial charge in [-0.1, -0.05) is 65.7 Å². The lowest BCUT2D eigenvalue weighted by Gasteiger charge is -2.46. The van der Waals surface area contributed by atoms with Crippen LogP contribution < -0.4 is 0 Å². The van der Waals surface area contributed by atoms with Crippen molar-refractivity contribution in [2.75, 3.05) is 27.9 Å². The second kappa shape index (κ2) is 21.3. The van der Waals surface area contributed by atoms with Crippen LogP contribution in [0.4, 0.5) is 0 Å². The predicted octanol–water partition coefficient (Wildman–Crippen LogP) is 5.75. The third-order valence-corrected chi connectivity index (χ3v) is 12.5. The molecular formula is C43H71NO11. The van der Waals surface area contributed by atoms with Gasteiger partial charge in [0.25, 0.3) is 11.7 Å². The second-order valence-corrected chi connectivity index (χ2v) is 16.6. The third kappa shape index (κ3) is 11.6. The van der Waals surface area contributed by atoms with Crippen LogP contribution in [0.5, 0.6) is 0 Å². The zero-order valence-electron chi connectivity index (χ0n) is 35.4. The molecule has 13 atom stereocenters. The van der Waals surface area contributed by atoms with Gasteiger partial charge in [0, 0.05) is 52.0 Å². The quantitative estimate of drug-likeness (QED) is 0.0936. The van der Waals surface area contributed by atoms with Crippen molar-refractivity contribution in [1.82, 2.24) is 4.90 Å². The Bertz CT molecular complexity index is 1360. The molecule has 1 aliphatic carbocycles. The number of likely N-dealkylation sites (tertiary alicyclic amines) is 1. The number of nitrogens with zero attached hydrogens (tertiary/aromatic N) is 1. The molecule has 2 heterocycles. The highest BCUT2D eigenvalue weighted by Crippen LogP contribution is 2.38. The van der Waals surface area contributed by atoms with Crippen LogP contribution in [-0.2, 0) is 42.9 Å². The van der Waals surface area contributed by atoms with Crippen LogP contribution in [-0.4, -0.2) is 115 Å². The molecule has 0 bridgehead atoms. The fourth-order valence-electron chi connectivity index (χ4n) is 8.60. The number of Topliss-reactive ketones (excluding diaryl/α,β-unsaturated/α-hetero) is 2. The number of carbonyl (C=O) groups excluding carboxylic acids is 4. The Kier molecular flexibility index (Phi) is 18.2. The Hall–Kier alpha value is -2.48. The number of aliphatic hydroxyl groups is 2. The van der Waals surface area contributed by atoms with Gasteiger partial charge < -0.3 is 38.8 Å². The minimum absolute atomic E-state index is 0.0922. The summed E-state index contributed by atoms with van der Waals surface area (Å²) in [4.78, 5) is 56.5. The van der Waals surface area contributed by atoms with Gasteiger partial charge in [0.2, 0.25) is 5.79 Å². The van der Waals surface area contributed by atoms with Gasteiger partial charge >= 0.3 is 5.97 Å². The summed E-state index contributed by atoms with van der Waals surface area (Å²) in [5.74, 6) is -6.71. The number of hydrogen-bond acceptors (Lipinski definition) is 11. The van der Waals surface area contributed by atoms with Crippen LogP contribution in [0.1, 0.15) is 120 Å². The van der Waals surface area contributed by atoms with Crippen LogP contribution in [0.2, 0.25) is 0 Å².